The predicted molar refractivity (Wildman–Crippen MR) is 52.7 cm³/mol. The fraction of sp³-hybridized carbons (Fsp3) is 1.00. The van der Waals surface area contributed by atoms with Crippen molar-refractivity contribution in [3.05, 3.63) is 0 Å². The van der Waals surface area contributed by atoms with Gasteiger partial charge in [0, 0.05) is 25.2 Å². The maximum atomic E-state index is 9.86. The molecule has 0 bridgehead atoms. The predicted octanol–water partition coefficient (Wildman–Crippen LogP) is 0.146. The van der Waals surface area contributed by atoms with E-state index in [1.165, 1.54) is 19.5 Å². The molecule has 2 rings (SSSR count). The molecule has 0 aromatic heterocycles. The van der Waals surface area contributed by atoms with Crippen LogP contribution in [0, 0.1) is 0 Å². The molecular weight excluding hydrogens is 164 g/mol. The summed E-state index contributed by atoms with van der Waals surface area (Å²) in [6.45, 7) is 8.69. The third-order valence-corrected chi connectivity index (χ3v) is 3.38. The molecule has 2 aliphatic heterocycles. The van der Waals surface area contributed by atoms with E-state index in [9.17, 15) is 5.11 Å². The Labute approximate surface area is 80.3 Å². The van der Waals surface area contributed by atoms with E-state index >= 15 is 0 Å². The van der Waals surface area contributed by atoms with Gasteiger partial charge in [-0.2, -0.15) is 0 Å². The van der Waals surface area contributed by atoms with Crippen molar-refractivity contribution < 1.29 is 5.11 Å². The van der Waals surface area contributed by atoms with E-state index < -0.39 is 0 Å². The number of aliphatic hydroxyl groups excluding tert-OH is 1. The summed E-state index contributed by atoms with van der Waals surface area (Å²) >= 11 is 0. The van der Waals surface area contributed by atoms with Crippen LogP contribution in [-0.4, -0.2) is 59.3 Å². The Morgan fingerprint density at radius 1 is 1.23 bits per heavy atom. The lowest BCUT2D eigenvalue weighted by molar-refractivity contribution is 0.0451. The van der Waals surface area contributed by atoms with E-state index in [0.29, 0.717) is 12.1 Å². The lowest BCUT2D eigenvalue weighted by atomic mass is 10.1. The molecule has 3 heteroatoms. The molecular formula is C10H20N2O. The van der Waals surface area contributed by atoms with Crippen molar-refractivity contribution >= 4 is 0 Å². The number of β-amino-alcohol motifs (C(OH)–C–C–N with tert-alkyl or cyclic N) is 1. The van der Waals surface area contributed by atoms with Gasteiger partial charge in [-0.05, 0) is 33.4 Å². The third-order valence-electron chi connectivity index (χ3n) is 3.38. The number of nitrogens with zero attached hydrogens (tertiary/aromatic N) is 2. The van der Waals surface area contributed by atoms with Gasteiger partial charge >= 0.3 is 0 Å². The van der Waals surface area contributed by atoms with Crippen LogP contribution in [-0.2, 0) is 0 Å². The second kappa shape index (κ2) is 3.56. The molecule has 13 heavy (non-hydrogen) atoms. The van der Waals surface area contributed by atoms with E-state index in [-0.39, 0.29) is 6.10 Å². The highest BCUT2D eigenvalue weighted by molar-refractivity contribution is 4.94. The fourth-order valence-electron chi connectivity index (χ4n) is 2.25. The average Bonchev–Trinajstić information content (AvgIpc) is 2.29. The van der Waals surface area contributed by atoms with Gasteiger partial charge in [0.25, 0.3) is 0 Å². The minimum atomic E-state index is -0.123. The SMILES string of the molecule is CC(C)N1CC(O)C(N2CCC2)C1. The highest BCUT2D eigenvalue weighted by atomic mass is 16.3. The lowest BCUT2D eigenvalue weighted by Crippen LogP contribution is -2.50. The Kier molecular flexibility index (Phi) is 2.58. The monoisotopic (exact) mass is 184 g/mol. The molecule has 1 N–H and O–H groups in total. The van der Waals surface area contributed by atoms with E-state index in [4.69, 9.17) is 0 Å². The van der Waals surface area contributed by atoms with E-state index in [1.54, 1.807) is 0 Å². The standard InChI is InChI=1S/C10H20N2O/c1-8(2)12-6-9(10(13)7-12)11-4-3-5-11/h8-10,13H,3-7H2,1-2H3. The first-order valence-electron chi connectivity index (χ1n) is 5.34. The zero-order chi connectivity index (χ0) is 9.42. The number of rotatable bonds is 2. The van der Waals surface area contributed by atoms with Crippen LogP contribution in [0.3, 0.4) is 0 Å². The van der Waals surface area contributed by atoms with Crippen LogP contribution in [0.25, 0.3) is 0 Å². The van der Waals surface area contributed by atoms with Crippen molar-refractivity contribution in [2.24, 2.45) is 0 Å². The highest BCUT2D eigenvalue weighted by Gasteiger charge is 2.37. The average molecular weight is 184 g/mol. The zero-order valence-corrected chi connectivity index (χ0v) is 8.61. The first-order chi connectivity index (χ1) is 6.18. The molecule has 2 unspecified atom stereocenters. The Hall–Kier alpha value is -0.120. The van der Waals surface area contributed by atoms with Gasteiger partial charge in [0.1, 0.15) is 0 Å². The Morgan fingerprint density at radius 2 is 1.92 bits per heavy atom. The van der Waals surface area contributed by atoms with Gasteiger partial charge in [-0.15, -0.1) is 0 Å². The fourth-order valence-corrected chi connectivity index (χ4v) is 2.25. The van der Waals surface area contributed by atoms with Crippen LogP contribution in [0.2, 0.25) is 0 Å². The highest BCUT2D eigenvalue weighted by Crippen LogP contribution is 2.22. The smallest absolute Gasteiger partial charge is 0.0834 e. The number of likely N-dealkylation sites (tertiary alicyclic amines) is 2. The summed E-state index contributed by atoms with van der Waals surface area (Å²) in [5.74, 6) is 0. The molecule has 3 nitrogen and oxygen atoms in total. The van der Waals surface area contributed by atoms with Crippen LogP contribution in [0.15, 0.2) is 0 Å². The summed E-state index contributed by atoms with van der Waals surface area (Å²) in [4.78, 5) is 4.78. The topological polar surface area (TPSA) is 26.7 Å². The van der Waals surface area contributed by atoms with Gasteiger partial charge in [0.2, 0.25) is 0 Å². The second-order valence-corrected chi connectivity index (χ2v) is 4.57. The van der Waals surface area contributed by atoms with Crippen LogP contribution in [0.1, 0.15) is 20.3 Å². The maximum Gasteiger partial charge on any atom is 0.0834 e. The van der Waals surface area contributed by atoms with Crippen molar-refractivity contribution in [1.82, 2.24) is 9.80 Å². The second-order valence-electron chi connectivity index (χ2n) is 4.57. The first-order valence-corrected chi connectivity index (χ1v) is 5.34. The summed E-state index contributed by atoms with van der Waals surface area (Å²) < 4.78 is 0. The molecule has 0 aliphatic carbocycles. The minimum Gasteiger partial charge on any atom is -0.390 e. The van der Waals surface area contributed by atoms with Gasteiger partial charge in [-0.25, -0.2) is 0 Å². The van der Waals surface area contributed by atoms with Crippen molar-refractivity contribution in [3.63, 3.8) is 0 Å². The lowest BCUT2D eigenvalue weighted by Gasteiger charge is -2.37. The zero-order valence-electron chi connectivity index (χ0n) is 8.61. The maximum absolute atomic E-state index is 9.86. The van der Waals surface area contributed by atoms with Gasteiger partial charge in [0.05, 0.1) is 6.10 Å². The summed E-state index contributed by atoms with van der Waals surface area (Å²) in [5.41, 5.74) is 0. The summed E-state index contributed by atoms with van der Waals surface area (Å²) in [6, 6.07) is 0.983. The van der Waals surface area contributed by atoms with Gasteiger partial charge < -0.3 is 5.11 Å². The molecule has 2 aliphatic rings. The Bertz CT molecular complexity index is 180. The van der Waals surface area contributed by atoms with Crippen molar-refractivity contribution in [2.45, 2.75) is 38.5 Å². The molecule has 2 fully saturated rings. The van der Waals surface area contributed by atoms with Crippen LogP contribution in [0.5, 0.6) is 0 Å². The largest absolute Gasteiger partial charge is 0.390 e. The third kappa shape index (κ3) is 1.73. The molecule has 2 atom stereocenters. The molecule has 0 amide bonds. The Balaban J connectivity index is 1.91. The van der Waals surface area contributed by atoms with Crippen LogP contribution in [0.4, 0.5) is 0 Å². The van der Waals surface area contributed by atoms with Crippen molar-refractivity contribution in [1.29, 1.82) is 0 Å². The quantitative estimate of drug-likeness (QED) is 0.661. The molecule has 0 radical (unpaired) electrons. The van der Waals surface area contributed by atoms with Crippen molar-refractivity contribution in [3.8, 4) is 0 Å². The van der Waals surface area contributed by atoms with Gasteiger partial charge in [-0.3, -0.25) is 9.80 Å². The van der Waals surface area contributed by atoms with Crippen LogP contribution < -0.4 is 0 Å². The molecule has 0 aromatic rings. The van der Waals surface area contributed by atoms with Gasteiger partial charge in [0.15, 0.2) is 0 Å². The molecule has 0 saturated carbocycles. The number of hydrogen-bond donors (Lipinski definition) is 1. The first kappa shape index (κ1) is 9.44. The number of hydrogen-bond acceptors (Lipinski definition) is 3. The molecule has 0 spiro atoms. The summed E-state index contributed by atoms with van der Waals surface area (Å²) in [7, 11) is 0. The molecule has 0 aromatic carbocycles. The summed E-state index contributed by atoms with van der Waals surface area (Å²) in [6.07, 6.45) is 1.19. The Morgan fingerprint density at radius 3 is 2.31 bits per heavy atom. The minimum absolute atomic E-state index is 0.123. The normalized spacial score (nSPS) is 36.9. The van der Waals surface area contributed by atoms with E-state index in [1.807, 2.05) is 0 Å². The van der Waals surface area contributed by atoms with Crippen LogP contribution >= 0.6 is 0 Å². The number of aliphatic hydroxyl groups is 1. The van der Waals surface area contributed by atoms with E-state index in [2.05, 4.69) is 23.6 Å². The van der Waals surface area contributed by atoms with Crippen molar-refractivity contribution in [2.75, 3.05) is 26.2 Å². The summed E-state index contributed by atoms with van der Waals surface area (Å²) in [5, 5.41) is 9.86. The molecule has 76 valence electrons. The molecule has 2 heterocycles. The molecule has 2 saturated heterocycles. The van der Waals surface area contributed by atoms with Gasteiger partial charge in [-0.1, -0.05) is 0 Å². The van der Waals surface area contributed by atoms with E-state index in [0.717, 1.165) is 13.1 Å².